The molecule has 3 heterocycles. The summed E-state index contributed by atoms with van der Waals surface area (Å²) in [6.45, 7) is 0. The molecule has 0 bridgehead atoms. The van der Waals surface area contributed by atoms with Crippen LogP contribution in [-0.2, 0) is 6.18 Å². The second-order valence-corrected chi connectivity index (χ2v) is 6.50. The molecule has 0 aliphatic heterocycles. The van der Waals surface area contributed by atoms with Crippen molar-refractivity contribution in [2.45, 2.75) is 6.18 Å². The molecule has 0 atom stereocenters. The number of carbonyl (C=O) groups excluding carboxylic acids is 1. The molecule has 0 saturated carbocycles. The van der Waals surface area contributed by atoms with Gasteiger partial charge in [-0.15, -0.1) is 0 Å². The van der Waals surface area contributed by atoms with Gasteiger partial charge in [0.2, 0.25) is 0 Å². The lowest BCUT2D eigenvalue weighted by molar-refractivity contribution is -0.137. The van der Waals surface area contributed by atoms with E-state index in [-0.39, 0.29) is 33.3 Å². The Bertz CT molecular complexity index is 1360. The van der Waals surface area contributed by atoms with Gasteiger partial charge in [0.1, 0.15) is 5.52 Å². The van der Waals surface area contributed by atoms with Gasteiger partial charge in [-0.2, -0.15) is 13.2 Å². The molecular formula is C18H10ClF3N6O2. The normalized spacial score (nSPS) is 11.7. The summed E-state index contributed by atoms with van der Waals surface area (Å²) < 4.78 is 41.3. The van der Waals surface area contributed by atoms with E-state index >= 15 is 0 Å². The Kier molecular flexibility index (Phi) is 4.54. The third-order valence-electron chi connectivity index (χ3n) is 4.23. The number of aromatic nitrogens is 5. The van der Waals surface area contributed by atoms with E-state index in [9.17, 15) is 22.8 Å². The van der Waals surface area contributed by atoms with Gasteiger partial charge in [-0.05, 0) is 18.2 Å². The van der Waals surface area contributed by atoms with Crippen molar-refractivity contribution in [3.05, 3.63) is 69.5 Å². The molecule has 0 fully saturated rings. The average Bonchev–Trinajstić information content (AvgIpc) is 3.02. The first-order chi connectivity index (χ1) is 14.2. The van der Waals surface area contributed by atoms with Crippen LogP contribution < -0.4 is 11.4 Å². The van der Waals surface area contributed by atoms with Crippen LogP contribution in [0.1, 0.15) is 16.1 Å². The number of H-pyrrole nitrogens is 1. The van der Waals surface area contributed by atoms with Gasteiger partial charge in [0.05, 0.1) is 21.8 Å². The summed E-state index contributed by atoms with van der Waals surface area (Å²) in [4.78, 5) is 39.0. The highest BCUT2D eigenvalue weighted by Gasteiger charge is 2.35. The topological polar surface area (TPSA) is 120 Å². The Hall–Kier alpha value is -3.73. The maximum Gasteiger partial charge on any atom is 0.418 e. The molecule has 0 aliphatic rings. The molecule has 4 rings (SSSR count). The molecule has 8 nitrogen and oxygen atoms in total. The number of nitrogens with one attached hydrogen (secondary N) is 1. The number of hydrogen-bond acceptors (Lipinski definition) is 5. The number of nitrogens with zero attached hydrogens (tertiary/aromatic N) is 4. The minimum atomic E-state index is -4.74. The van der Waals surface area contributed by atoms with E-state index in [2.05, 4.69) is 19.9 Å². The second-order valence-electron chi connectivity index (χ2n) is 6.09. The summed E-state index contributed by atoms with van der Waals surface area (Å²) >= 11 is 6.13. The van der Waals surface area contributed by atoms with Gasteiger partial charge >= 0.3 is 11.9 Å². The Balaban J connectivity index is 2.12. The van der Waals surface area contributed by atoms with Crippen molar-refractivity contribution in [1.82, 2.24) is 24.5 Å². The summed E-state index contributed by atoms with van der Waals surface area (Å²) in [5, 5.41) is 0.180. The number of alkyl halides is 3. The Morgan fingerprint density at radius 3 is 2.57 bits per heavy atom. The van der Waals surface area contributed by atoms with E-state index in [1.807, 2.05) is 0 Å². The Morgan fingerprint density at radius 1 is 1.17 bits per heavy atom. The number of imidazole rings is 1. The standard InChI is InChI=1S/C18H10ClF3N6O2/c19-10-5-6-24-7-8(10)15-25-12(14(23)29)13-16(27-15)28(17(30)26-13)11-4-2-1-3-9(11)18(20,21)22/h1-7H,(H2,23,29)(H,26,30). The highest BCUT2D eigenvalue weighted by molar-refractivity contribution is 6.33. The van der Waals surface area contributed by atoms with Gasteiger partial charge < -0.3 is 10.7 Å². The molecule has 0 spiro atoms. The van der Waals surface area contributed by atoms with Crippen LogP contribution in [0, 0.1) is 0 Å². The van der Waals surface area contributed by atoms with Crippen LogP contribution in [0.25, 0.3) is 28.2 Å². The van der Waals surface area contributed by atoms with Crippen LogP contribution in [0.2, 0.25) is 5.02 Å². The zero-order valence-electron chi connectivity index (χ0n) is 14.7. The number of nitrogens with two attached hydrogens (primary N) is 1. The van der Waals surface area contributed by atoms with E-state index in [0.717, 1.165) is 12.1 Å². The molecule has 30 heavy (non-hydrogen) atoms. The molecule has 4 aromatic rings. The average molecular weight is 435 g/mol. The summed E-state index contributed by atoms with van der Waals surface area (Å²) in [6, 6.07) is 5.91. The maximum absolute atomic E-state index is 13.5. The largest absolute Gasteiger partial charge is 0.418 e. The first-order valence-electron chi connectivity index (χ1n) is 8.27. The van der Waals surface area contributed by atoms with Crippen molar-refractivity contribution in [2.24, 2.45) is 5.73 Å². The maximum atomic E-state index is 13.5. The fourth-order valence-corrected chi connectivity index (χ4v) is 3.15. The van der Waals surface area contributed by atoms with E-state index in [0.29, 0.717) is 4.57 Å². The van der Waals surface area contributed by atoms with Gasteiger partial charge in [-0.1, -0.05) is 23.7 Å². The van der Waals surface area contributed by atoms with Crippen LogP contribution in [0.4, 0.5) is 13.2 Å². The number of benzene rings is 1. The number of fused-ring (bicyclic) bond motifs is 1. The number of halogens is 4. The zero-order valence-corrected chi connectivity index (χ0v) is 15.5. The van der Waals surface area contributed by atoms with E-state index in [4.69, 9.17) is 17.3 Å². The van der Waals surface area contributed by atoms with Crippen LogP contribution in [-0.4, -0.2) is 30.4 Å². The van der Waals surface area contributed by atoms with Crippen LogP contribution in [0.5, 0.6) is 0 Å². The van der Waals surface area contributed by atoms with Gasteiger partial charge in [-0.3, -0.25) is 9.78 Å². The minimum Gasteiger partial charge on any atom is -0.364 e. The molecule has 1 amide bonds. The number of para-hydroxylation sites is 1. The summed E-state index contributed by atoms with van der Waals surface area (Å²) in [6.07, 6.45) is -2.02. The summed E-state index contributed by atoms with van der Waals surface area (Å²) in [5.74, 6) is -1.15. The summed E-state index contributed by atoms with van der Waals surface area (Å²) in [7, 11) is 0. The molecule has 152 valence electrons. The minimum absolute atomic E-state index is 0.133. The lowest BCUT2D eigenvalue weighted by atomic mass is 10.1. The first kappa shape index (κ1) is 19.6. The van der Waals surface area contributed by atoms with Crippen molar-refractivity contribution in [1.29, 1.82) is 0 Å². The number of rotatable bonds is 3. The first-order valence-corrected chi connectivity index (χ1v) is 8.65. The predicted molar refractivity (Wildman–Crippen MR) is 101 cm³/mol. The molecule has 0 saturated heterocycles. The molecule has 0 unspecified atom stereocenters. The third kappa shape index (κ3) is 3.18. The smallest absolute Gasteiger partial charge is 0.364 e. The van der Waals surface area contributed by atoms with Crippen LogP contribution >= 0.6 is 11.6 Å². The quantitative estimate of drug-likeness (QED) is 0.513. The molecular weight excluding hydrogens is 425 g/mol. The van der Waals surface area contributed by atoms with E-state index in [1.54, 1.807) is 0 Å². The van der Waals surface area contributed by atoms with E-state index in [1.165, 1.54) is 30.6 Å². The van der Waals surface area contributed by atoms with Gasteiger partial charge in [0, 0.05) is 12.4 Å². The fourth-order valence-electron chi connectivity index (χ4n) is 2.96. The Labute approximate surface area is 170 Å². The highest BCUT2D eigenvalue weighted by Crippen LogP contribution is 2.34. The molecule has 3 N–H and O–H groups in total. The van der Waals surface area contributed by atoms with Crippen molar-refractivity contribution < 1.29 is 18.0 Å². The monoisotopic (exact) mass is 434 g/mol. The van der Waals surface area contributed by atoms with Gasteiger partial charge in [0.25, 0.3) is 5.91 Å². The lowest BCUT2D eigenvalue weighted by Gasteiger charge is -2.13. The van der Waals surface area contributed by atoms with Gasteiger partial charge in [0.15, 0.2) is 17.2 Å². The predicted octanol–water partition coefficient (Wildman–Crippen LogP) is 2.94. The Morgan fingerprint density at radius 2 is 1.90 bits per heavy atom. The van der Waals surface area contributed by atoms with Crippen LogP contribution in [0.15, 0.2) is 47.5 Å². The van der Waals surface area contributed by atoms with Crippen molar-refractivity contribution in [2.75, 3.05) is 0 Å². The SMILES string of the molecule is NC(=O)c1nc(-c2cnccc2Cl)nc2c1[nH]c(=O)n2-c1ccccc1C(F)(F)F. The summed E-state index contributed by atoms with van der Waals surface area (Å²) in [5.41, 5.74) is 2.24. The molecule has 0 radical (unpaired) electrons. The number of primary amides is 1. The third-order valence-corrected chi connectivity index (χ3v) is 4.56. The number of aromatic amines is 1. The molecule has 3 aromatic heterocycles. The van der Waals surface area contributed by atoms with Crippen molar-refractivity contribution in [3.63, 3.8) is 0 Å². The second kappa shape index (κ2) is 6.95. The number of carbonyl (C=O) groups is 1. The van der Waals surface area contributed by atoms with Gasteiger partial charge in [-0.25, -0.2) is 19.3 Å². The highest BCUT2D eigenvalue weighted by atomic mass is 35.5. The fraction of sp³-hybridized carbons (Fsp3) is 0.0556. The molecule has 0 aliphatic carbocycles. The number of amides is 1. The molecule has 1 aromatic carbocycles. The molecule has 12 heteroatoms. The van der Waals surface area contributed by atoms with Crippen LogP contribution in [0.3, 0.4) is 0 Å². The van der Waals surface area contributed by atoms with Crippen molar-refractivity contribution >= 4 is 28.7 Å². The van der Waals surface area contributed by atoms with Crippen molar-refractivity contribution in [3.8, 4) is 17.1 Å². The number of pyridine rings is 1. The van der Waals surface area contributed by atoms with E-state index < -0.39 is 29.0 Å². The zero-order chi connectivity index (χ0) is 21.6. The number of hydrogen-bond donors (Lipinski definition) is 2. The lowest BCUT2D eigenvalue weighted by Crippen LogP contribution is -2.19.